The molecular formula is C15H24O. The van der Waals surface area contributed by atoms with Crippen LogP contribution in [0.5, 0.6) is 0 Å². The lowest BCUT2D eigenvalue weighted by molar-refractivity contribution is 0.213. The maximum absolute atomic E-state index is 9.91. The summed E-state index contributed by atoms with van der Waals surface area (Å²) in [5.41, 5.74) is 3.74. The second kappa shape index (κ2) is 6.05. The van der Waals surface area contributed by atoms with Crippen molar-refractivity contribution in [2.24, 2.45) is 5.92 Å². The summed E-state index contributed by atoms with van der Waals surface area (Å²) in [6, 6.07) is 0. The van der Waals surface area contributed by atoms with Gasteiger partial charge in [0.15, 0.2) is 0 Å². The van der Waals surface area contributed by atoms with E-state index in [-0.39, 0.29) is 6.10 Å². The van der Waals surface area contributed by atoms with Crippen molar-refractivity contribution >= 4 is 0 Å². The van der Waals surface area contributed by atoms with Gasteiger partial charge in [0.2, 0.25) is 0 Å². The molecule has 1 aliphatic carbocycles. The van der Waals surface area contributed by atoms with E-state index in [4.69, 9.17) is 0 Å². The van der Waals surface area contributed by atoms with E-state index in [1.807, 2.05) is 6.92 Å². The summed E-state index contributed by atoms with van der Waals surface area (Å²) in [5, 5.41) is 9.91. The molecule has 0 saturated heterocycles. The molecule has 1 heteroatoms. The summed E-state index contributed by atoms with van der Waals surface area (Å²) in [6.45, 7) is 10.3. The first kappa shape index (κ1) is 13.2. The molecule has 1 unspecified atom stereocenters. The van der Waals surface area contributed by atoms with Crippen LogP contribution in [0.3, 0.4) is 0 Å². The van der Waals surface area contributed by atoms with Crippen LogP contribution in [0.1, 0.15) is 46.5 Å². The fraction of sp³-hybridized carbons (Fsp3) is 0.600. The Kier molecular flexibility index (Phi) is 5.01. The molecule has 1 aliphatic rings. The zero-order valence-corrected chi connectivity index (χ0v) is 10.8. The molecule has 0 radical (unpaired) electrons. The minimum atomic E-state index is -0.307. The van der Waals surface area contributed by atoms with Gasteiger partial charge in [-0.1, -0.05) is 29.9 Å². The average Bonchev–Trinajstić information content (AvgIpc) is 2.23. The van der Waals surface area contributed by atoms with Gasteiger partial charge in [-0.3, -0.25) is 0 Å². The Hall–Kier alpha value is -0.820. The second-order valence-electron chi connectivity index (χ2n) is 5.07. The topological polar surface area (TPSA) is 20.2 Å². The third-order valence-electron chi connectivity index (χ3n) is 3.52. The van der Waals surface area contributed by atoms with E-state index in [0.717, 1.165) is 24.8 Å². The first-order valence-corrected chi connectivity index (χ1v) is 6.16. The Balaban J connectivity index is 2.81. The number of aliphatic hydroxyl groups excluding tert-OH is 1. The maximum Gasteiger partial charge on any atom is 0.0781 e. The van der Waals surface area contributed by atoms with Crippen molar-refractivity contribution in [1.82, 2.24) is 0 Å². The van der Waals surface area contributed by atoms with Crippen molar-refractivity contribution in [3.8, 4) is 0 Å². The highest BCUT2D eigenvalue weighted by molar-refractivity contribution is 5.13. The molecule has 90 valence electrons. The zero-order chi connectivity index (χ0) is 12.1. The van der Waals surface area contributed by atoms with Gasteiger partial charge in [0.25, 0.3) is 0 Å². The number of hydrogen-bond donors (Lipinski definition) is 1. The van der Waals surface area contributed by atoms with Crippen molar-refractivity contribution in [3.63, 3.8) is 0 Å². The fourth-order valence-electron chi connectivity index (χ4n) is 2.03. The monoisotopic (exact) mass is 220 g/mol. The smallest absolute Gasteiger partial charge is 0.0781 e. The Bertz CT molecular complexity index is 309. The highest BCUT2D eigenvalue weighted by atomic mass is 16.3. The molecule has 0 spiro atoms. The first-order chi connectivity index (χ1) is 7.50. The van der Waals surface area contributed by atoms with Gasteiger partial charge < -0.3 is 5.11 Å². The van der Waals surface area contributed by atoms with Crippen LogP contribution in [0.15, 0.2) is 35.5 Å². The first-order valence-electron chi connectivity index (χ1n) is 6.16. The van der Waals surface area contributed by atoms with Gasteiger partial charge >= 0.3 is 0 Å². The lowest BCUT2D eigenvalue weighted by Gasteiger charge is -2.19. The molecule has 2 atom stereocenters. The maximum atomic E-state index is 9.91. The normalized spacial score (nSPS) is 34.5. The molecule has 0 aromatic carbocycles. The molecular weight excluding hydrogens is 196 g/mol. The van der Waals surface area contributed by atoms with Gasteiger partial charge in [0.1, 0.15) is 0 Å². The lowest BCUT2D eigenvalue weighted by atomic mass is 9.88. The summed E-state index contributed by atoms with van der Waals surface area (Å²) >= 11 is 0. The van der Waals surface area contributed by atoms with Gasteiger partial charge in [0.05, 0.1) is 6.10 Å². The summed E-state index contributed by atoms with van der Waals surface area (Å²) in [4.78, 5) is 0. The van der Waals surface area contributed by atoms with Gasteiger partial charge in [-0.2, -0.15) is 0 Å². The zero-order valence-electron chi connectivity index (χ0n) is 10.8. The molecule has 0 aromatic heterocycles. The summed E-state index contributed by atoms with van der Waals surface area (Å²) in [7, 11) is 0. The lowest BCUT2D eigenvalue weighted by Crippen LogP contribution is -2.10. The molecule has 0 saturated carbocycles. The van der Waals surface area contributed by atoms with E-state index in [1.54, 1.807) is 0 Å². The van der Waals surface area contributed by atoms with Crippen molar-refractivity contribution < 1.29 is 5.11 Å². The van der Waals surface area contributed by atoms with Crippen molar-refractivity contribution in [2.75, 3.05) is 0 Å². The van der Waals surface area contributed by atoms with Crippen LogP contribution >= 0.6 is 0 Å². The standard InChI is InChI=1S/C15H24O/c1-11(2)14-8-5-12(3)6-10-15(16)13(4)7-9-14/h6-7,14-16H,1,5,8-10H2,2-4H3/b12-6-,13-7-/t14-,15?/m1/s1. The van der Waals surface area contributed by atoms with Crippen molar-refractivity contribution in [3.05, 3.63) is 35.5 Å². The quantitative estimate of drug-likeness (QED) is 0.662. The molecule has 0 fully saturated rings. The van der Waals surface area contributed by atoms with Crippen molar-refractivity contribution in [1.29, 1.82) is 0 Å². The molecule has 1 N–H and O–H groups in total. The highest BCUT2D eigenvalue weighted by Gasteiger charge is 2.12. The third-order valence-corrected chi connectivity index (χ3v) is 3.52. The van der Waals surface area contributed by atoms with E-state index in [9.17, 15) is 5.11 Å². The molecule has 1 nitrogen and oxygen atoms in total. The van der Waals surface area contributed by atoms with Crippen LogP contribution in [-0.2, 0) is 0 Å². The Labute approximate surface area is 99.6 Å². The van der Waals surface area contributed by atoms with E-state index in [0.29, 0.717) is 5.92 Å². The number of aliphatic hydroxyl groups is 1. The minimum Gasteiger partial charge on any atom is -0.388 e. The van der Waals surface area contributed by atoms with Crippen LogP contribution in [0, 0.1) is 5.92 Å². The highest BCUT2D eigenvalue weighted by Crippen LogP contribution is 2.25. The predicted molar refractivity (Wildman–Crippen MR) is 70.3 cm³/mol. The average molecular weight is 220 g/mol. The van der Waals surface area contributed by atoms with Gasteiger partial charge in [0, 0.05) is 0 Å². The van der Waals surface area contributed by atoms with Crippen LogP contribution in [0.4, 0.5) is 0 Å². The van der Waals surface area contributed by atoms with Gasteiger partial charge in [-0.25, -0.2) is 0 Å². The minimum absolute atomic E-state index is 0.307. The number of rotatable bonds is 1. The Morgan fingerprint density at radius 1 is 1.31 bits per heavy atom. The van der Waals surface area contributed by atoms with E-state index in [1.165, 1.54) is 17.6 Å². The molecule has 1 rings (SSSR count). The summed E-state index contributed by atoms with van der Waals surface area (Å²) in [6.07, 6.45) is 8.12. The van der Waals surface area contributed by atoms with E-state index < -0.39 is 0 Å². The summed E-state index contributed by atoms with van der Waals surface area (Å²) < 4.78 is 0. The predicted octanol–water partition coefficient (Wildman–Crippen LogP) is 4.01. The van der Waals surface area contributed by atoms with Gasteiger partial charge in [-0.15, -0.1) is 0 Å². The van der Waals surface area contributed by atoms with Gasteiger partial charge in [-0.05, 0) is 57.9 Å². The Morgan fingerprint density at radius 2 is 2.00 bits per heavy atom. The fourth-order valence-corrected chi connectivity index (χ4v) is 2.03. The molecule has 0 amide bonds. The molecule has 16 heavy (non-hydrogen) atoms. The molecule has 0 aromatic rings. The Morgan fingerprint density at radius 3 is 2.62 bits per heavy atom. The molecule has 0 aliphatic heterocycles. The largest absolute Gasteiger partial charge is 0.388 e. The molecule has 0 bridgehead atoms. The number of hydrogen-bond acceptors (Lipinski definition) is 1. The molecule has 0 heterocycles. The van der Waals surface area contributed by atoms with Crippen LogP contribution in [-0.4, -0.2) is 11.2 Å². The number of allylic oxidation sites excluding steroid dienone is 3. The van der Waals surface area contributed by atoms with Crippen molar-refractivity contribution in [2.45, 2.75) is 52.6 Å². The van der Waals surface area contributed by atoms with Crippen LogP contribution in [0.2, 0.25) is 0 Å². The second-order valence-corrected chi connectivity index (χ2v) is 5.07. The van der Waals surface area contributed by atoms with E-state index >= 15 is 0 Å². The van der Waals surface area contributed by atoms with Crippen LogP contribution < -0.4 is 0 Å². The third kappa shape index (κ3) is 3.97. The van der Waals surface area contributed by atoms with E-state index in [2.05, 4.69) is 32.6 Å². The van der Waals surface area contributed by atoms with Crippen LogP contribution in [0.25, 0.3) is 0 Å². The summed E-state index contributed by atoms with van der Waals surface area (Å²) in [5.74, 6) is 0.559. The SMILES string of the molecule is C=C(C)[C@H]1C/C=C(/C)C(O)C/C=C(/C)CC1.